The summed E-state index contributed by atoms with van der Waals surface area (Å²) >= 11 is 0. The number of benzene rings is 1. The van der Waals surface area contributed by atoms with E-state index in [2.05, 4.69) is 10.5 Å². The molecule has 0 saturated carbocycles. The minimum Gasteiger partial charge on any atom is -0.384 e. The zero-order valence-electron chi connectivity index (χ0n) is 13.9. The highest BCUT2D eigenvalue weighted by Gasteiger charge is 2.24. The Bertz CT molecular complexity index is 626. The van der Waals surface area contributed by atoms with Crippen LogP contribution in [0.1, 0.15) is 43.4 Å². The fourth-order valence-electron chi connectivity index (χ4n) is 2.53. The van der Waals surface area contributed by atoms with Crippen molar-refractivity contribution < 1.29 is 14.4 Å². The van der Waals surface area contributed by atoms with Crippen LogP contribution in [-0.4, -0.2) is 22.7 Å². The van der Waals surface area contributed by atoms with Gasteiger partial charge in [-0.25, -0.2) is 0 Å². The van der Waals surface area contributed by atoms with Gasteiger partial charge in [-0.3, -0.25) is 4.79 Å². The first kappa shape index (κ1) is 17.2. The summed E-state index contributed by atoms with van der Waals surface area (Å²) in [5.41, 5.74) is 1.36. The van der Waals surface area contributed by atoms with E-state index < -0.39 is 5.60 Å². The van der Waals surface area contributed by atoms with Crippen LogP contribution in [0, 0.1) is 0 Å². The highest BCUT2D eigenvalue weighted by Crippen LogP contribution is 2.20. The third kappa shape index (κ3) is 4.20. The molecular weight excluding hydrogens is 292 g/mol. The molecule has 1 amide bonds. The quantitative estimate of drug-likeness (QED) is 0.822. The predicted molar refractivity (Wildman–Crippen MR) is 88.0 cm³/mol. The number of aryl methyl sites for hydroxylation is 2. The smallest absolute Gasteiger partial charge is 0.224 e. The van der Waals surface area contributed by atoms with Crippen LogP contribution in [0.15, 0.2) is 34.9 Å². The Labute approximate surface area is 136 Å². The zero-order chi connectivity index (χ0) is 16.9. The fourth-order valence-corrected chi connectivity index (χ4v) is 2.53. The molecule has 0 saturated heterocycles. The molecule has 0 radical (unpaired) electrons. The van der Waals surface area contributed by atoms with E-state index in [0.29, 0.717) is 6.42 Å². The van der Waals surface area contributed by atoms with Gasteiger partial charge >= 0.3 is 0 Å². The van der Waals surface area contributed by atoms with Crippen LogP contribution in [0.4, 0.5) is 0 Å². The largest absolute Gasteiger partial charge is 0.384 e. The lowest BCUT2D eigenvalue weighted by Gasteiger charge is -2.24. The van der Waals surface area contributed by atoms with Gasteiger partial charge < -0.3 is 14.9 Å². The highest BCUT2D eigenvalue weighted by molar-refractivity contribution is 5.79. The Morgan fingerprint density at radius 3 is 2.57 bits per heavy atom. The van der Waals surface area contributed by atoms with Crippen molar-refractivity contribution in [3.63, 3.8) is 0 Å². The van der Waals surface area contributed by atoms with Gasteiger partial charge in [0.2, 0.25) is 5.91 Å². The van der Waals surface area contributed by atoms with Crippen molar-refractivity contribution in [2.45, 2.75) is 45.6 Å². The van der Waals surface area contributed by atoms with Gasteiger partial charge in [0, 0.05) is 12.0 Å². The molecule has 1 heterocycles. The summed E-state index contributed by atoms with van der Waals surface area (Å²) in [5.74, 6) is 0.612. The molecular formula is C18H24N2O3. The van der Waals surface area contributed by atoms with Crippen LogP contribution >= 0.6 is 0 Å². The number of hydrogen-bond donors (Lipinski definition) is 2. The minimum absolute atomic E-state index is 0.145. The summed E-state index contributed by atoms with van der Waals surface area (Å²) in [6.45, 7) is 5.81. The number of rotatable bonds is 7. The number of nitrogens with one attached hydrogen (secondary N) is 1. The Kier molecular flexibility index (Phi) is 5.55. The molecule has 2 N–H and O–H groups in total. The summed E-state index contributed by atoms with van der Waals surface area (Å²) in [4.78, 5) is 12.2. The maximum absolute atomic E-state index is 12.2. The molecule has 0 aliphatic heterocycles. The van der Waals surface area contributed by atoms with E-state index in [-0.39, 0.29) is 18.9 Å². The Balaban J connectivity index is 1.99. The highest BCUT2D eigenvalue weighted by atomic mass is 16.5. The molecule has 2 aromatic rings. The van der Waals surface area contributed by atoms with E-state index >= 15 is 0 Å². The number of hydrogen-bond acceptors (Lipinski definition) is 4. The predicted octanol–water partition coefficient (Wildman–Crippen LogP) is 2.37. The van der Waals surface area contributed by atoms with Gasteiger partial charge in [0.05, 0.1) is 18.7 Å². The maximum Gasteiger partial charge on any atom is 0.224 e. The number of carbonyl (C=O) groups excluding carboxylic acids is 1. The topological polar surface area (TPSA) is 75.4 Å². The molecule has 23 heavy (non-hydrogen) atoms. The second-order valence-corrected chi connectivity index (χ2v) is 5.83. The SMILES string of the molecule is CCc1noc(CC)c1CC(=O)NCC(C)(O)c1ccccc1. The van der Waals surface area contributed by atoms with Crippen molar-refractivity contribution >= 4 is 5.91 Å². The van der Waals surface area contributed by atoms with Crippen LogP contribution in [0.5, 0.6) is 0 Å². The van der Waals surface area contributed by atoms with Gasteiger partial charge in [-0.2, -0.15) is 0 Å². The first-order chi connectivity index (χ1) is 11.0. The maximum atomic E-state index is 12.2. The molecule has 1 aromatic carbocycles. The monoisotopic (exact) mass is 316 g/mol. The van der Waals surface area contributed by atoms with Crippen molar-refractivity contribution in [1.29, 1.82) is 0 Å². The molecule has 1 atom stereocenters. The minimum atomic E-state index is -1.10. The Morgan fingerprint density at radius 2 is 1.96 bits per heavy atom. The normalized spacial score (nSPS) is 13.6. The summed E-state index contributed by atoms with van der Waals surface area (Å²) in [7, 11) is 0. The Hall–Kier alpha value is -2.14. The van der Waals surface area contributed by atoms with Crippen molar-refractivity contribution in [1.82, 2.24) is 10.5 Å². The van der Waals surface area contributed by atoms with Gasteiger partial charge in [0.15, 0.2) is 0 Å². The zero-order valence-corrected chi connectivity index (χ0v) is 13.9. The van der Waals surface area contributed by atoms with Gasteiger partial charge in [-0.1, -0.05) is 49.3 Å². The number of aromatic nitrogens is 1. The summed E-state index contributed by atoms with van der Waals surface area (Å²) in [5, 5.41) is 17.3. The lowest BCUT2D eigenvalue weighted by Crippen LogP contribution is -2.39. The van der Waals surface area contributed by atoms with Crippen LogP contribution < -0.4 is 5.32 Å². The van der Waals surface area contributed by atoms with Crippen LogP contribution in [0.25, 0.3) is 0 Å². The standard InChI is InChI=1S/C18H24N2O3/c1-4-15-14(16(5-2)23-20-15)11-17(21)19-12-18(3,22)13-9-7-6-8-10-13/h6-10,22H,4-5,11-12H2,1-3H3,(H,19,21). The summed E-state index contributed by atoms with van der Waals surface area (Å²) in [6, 6.07) is 9.31. The number of amides is 1. The summed E-state index contributed by atoms with van der Waals surface area (Å²) < 4.78 is 5.27. The van der Waals surface area contributed by atoms with E-state index in [9.17, 15) is 9.90 Å². The Morgan fingerprint density at radius 1 is 1.26 bits per heavy atom. The lowest BCUT2D eigenvalue weighted by molar-refractivity contribution is -0.121. The molecule has 5 nitrogen and oxygen atoms in total. The molecule has 0 aliphatic rings. The molecule has 1 unspecified atom stereocenters. The molecule has 0 spiro atoms. The second kappa shape index (κ2) is 7.42. The summed E-state index contributed by atoms with van der Waals surface area (Å²) in [6.07, 6.45) is 1.66. The van der Waals surface area contributed by atoms with Gasteiger partial charge in [0.1, 0.15) is 11.4 Å². The van der Waals surface area contributed by atoms with E-state index in [0.717, 1.165) is 29.0 Å². The molecule has 0 fully saturated rings. The van der Waals surface area contributed by atoms with E-state index in [1.54, 1.807) is 6.92 Å². The third-order valence-electron chi connectivity index (χ3n) is 3.97. The first-order valence-corrected chi connectivity index (χ1v) is 7.98. The molecule has 2 rings (SSSR count). The third-order valence-corrected chi connectivity index (χ3v) is 3.97. The first-order valence-electron chi connectivity index (χ1n) is 7.98. The molecule has 5 heteroatoms. The van der Waals surface area contributed by atoms with Crippen molar-refractivity contribution in [3.05, 3.63) is 52.9 Å². The van der Waals surface area contributed by atoms with Crippen LogP contribution in [0.3, 0.4) is 0 Å². The number of carbonyl (C=O) groups is 1. The molecule has 0 bridgehead atoms. The van der Waals surface area contributed by atoms with Crippen LogP contribution in [-0.2, 0) is 29.7 Å². The number of nitrogens with zero attached hydrogens (tertiary/aromatic N) is 1. The molecule has 124 valence electrons. The number of aliphatic hydroxyl groups is 1. The molecule has 1 aromatic heterocycles. The van der Waals surface area contributed by atoms with E-state index in [1.807, 2.05) is 44.2 Å². The second-order valence-electron chi connectivity index (χ2n) is 5.83. The van der Waals surface area contributed by atoms with Gasteiger partial charge in [-0.15, -0.1) is 0 Å². The van der Waals surface area contributed by atoms with Crippen LogP contribution in [0.2, 0.25) is 0 Å². The van der Waals surface area contributed by atoms with Crippen molar-refractivity contribution in [2.75, 3.05) is 6.54 Å². The van der Waals surface area contributed by atoms with E-state index in [1.165, 1.54) is 0 Å². The van der Waals surface area contributed by atoms with Gasteiger partial charge in [-0.05, 0) is 18.9 Å². The fraction of sp³-hybridized carbons (Fsp3) is 0.444. The lowest BCUT2D eigenvalue weighted by atomic mass is 9.96. The average molecular weight is 316 g/mol. The van der Waals surface area contributed by atoms with Crippen molar-refractivity contribution in [2.24, 2.45) is 0 Å². The van der Waals surface area contributed by atoms with E-state index in [4.69, 9.17) is 4.52 Å². The van der Waals surface area contributed by atoms with Gasteiger partial charge in [0.25, 0.3) is 0 Å². The molecule has 0 aliphatic carbocycles. The van der Waals surface area contributed by atoms with Crippen molar-refractivity contribution in [3.8, 4) is 0 Å². The average Bonchev–Trinajstić information content (AvgIpc) is 2.95.